The van der Waals surface area contributed by atoms with Crippen molar-refractivity contribution in [1.29, 1.82) is 0 Å². The topological polar surface area (TPSA) is 188 Å². The van der Waals surface area contributed by atoms with E-state index in [0.717, 1.165) is 0 Å². The Morgan fingerprint density at radius 3 is 2.34 bits per heavy atom. The van der Waals surface area contributed by atoms with Crippen molar-refractivity contribution in [3.05, 3.63) is 23.3 Å². The summed E-state index contributed by atoms with van der Waals surface area (Å²) in [5, 5.41) is 34.5. The molecule has 38 heavy (non-hydrogen) atoms. The van der Waals surface area contributed by atoms with Gasteiger partial charge in [0.05, 0.1) is 48.4 Å². The van der Waals surface area contributed by atoms with Crippen LogP contribution < -0.4 is 10.6 Å². The van der Waals surface area contributed by atoms with Crippen LogP contribution in [-0.4, -0.2) is 107 Å². The maximum absolute atomic E-state index is 14.0. The number of fused-ring (bicyclic) bond motifs is 3. The van der Waals surface area contributed by atoms with Crippen LogP contribution in [0.4, 0.5) is 5.69 Å². The summed E-state index contributed by atoms with van der Waals surface area (Å²) in [7, 11) is 2.91. The highest BCUT2D eigenvalue weighted by Gasteiger charge is 2.72. The molecule has 0 spiro atoms. The molecule has 8 atom stereocenters. The lowest BCUT2D eigenvalue weighted by Crippen LogP contribution is -2.77. The fourth-order valence-corrected chi connectivity index (χ4v) is 7.04. The van der Waals surface area contributed by atoms with E-state index in [1.807, 2.05) is 4.90 Å². The molecule has 1 amide bonds. The number of anilines is 1. The standard InChI is InChI=1S/C26H31N3O9/c1-10-11-4-5-12(29-6-8-38-9-7-29)19(30)14(11)20(31)15-13(10)21(32)17-18(28(2)3)22(33)16(25(27)36)24(35)26(17,37)23(15)34/h4-5,10,13,15-18,21,30,32,37H,6-9H2,1-3H3,(H2,27,36)/t10-,13+,15?,16?,17+,18-,21-,26-/m0/s1. The number of primary amides is 1. The number of nitrogens with zero attached hydrogens (tertiary/aromatic N) is 2. The number of aromatic hydroxyl groups is 1. The van der Waals surface area contributed by atoms with Crippen LogP contribution in [0.3, 0.4) is 0 Å². The van der Waals surface area contributed by atoms with E-state index >= 15 is 0 Å². The van der Waals surface area contributed by atoms with Gasteiger partial charge in [-0.1, -0.05) is 13.0 Å². The van der Waals surface area contributed by atoms with E-state index in [0.29, 0.717) is 37.6 Å². The van der Waals surface area contributed by atoms with Crippen molar-refractivity contribution in [2.75, 3.05) is 45.3 Å². The second-order valence-corrected chi connectivity index (χ2v) is 10.9. The van der Waals surface area contributed by atoms with E-state index in [2.05, 4.69) is 0 Å². The monoisotopic (exact) mass is 529 g/mol. The fraction of sp³-hybridized carbons (Fsp3) is 0.577. The third kappa shape index (κ3) is 3.33. The van der Waals surface area contributed by atoms with Gasteiger partial charge in [-0.05, 0) is 31.6 Å². The summed E-state index contributed by atoms with van der Waals surface area (Å²) in [6.45, 7) is 3.49. The summed E-state index contributed by atoms with van der Waals surface area (Å²) < 4.78 is 5.36. The van der Waals surface area contributed by atoms with Crippen LogP contribution in [0.5, 0.6) is 5.75 Å². The minimum atomic E-state index is -3.01. The number of carbonyl (C=O) groups is 5. The van der Waals surface area contributed by atoms with Gasteiger partial charge in [0, 0.05) is 19.0 Å². The second kappa shape index (κ2) is 8.94. The Hall–Kier alpha value is -3.19. The van der Waals surface area contributed by atoms with Crippen molar-refractivity contribution >= 4 is 34.7 Å². The number of ether oxygens (including phenoxy) is 1. The van der Waals surface area contributed by atoms with Gasteiger partial charge >= 0.3 is 0 Å². The number of likely N-dealkylation sites (N-methyl/N-ethyl adjacent to an activating group) is 1. The van der Waals surface area contributed by atoms with Gasteiger partial charge < -0.3 is 30.7 Å². The summed E-state index contributed by atoms with van der Waals surface area (Å²) in [5.41, 5.74) is 3.00. The summed E-state index contributed by atoms with van der Waals surface area (Å²) in [5.74, 6) is -13.2. The lowest BCUT2D eigenvalue weighted by molar-refractivity contribution is -0.196. The second-order valence-electron chi connectivity index (χ2n) is 10.9. The molecule has 0 bridgehead atoms. The number of rotatable bonds is 3. The molecule has 12 heteroatoms. The molecule has 12 nitrogen and oxygen atoms in total. The molecule has 1 aliphatic heterocycles. The highest BCUT2D eigenvalue weighted by atomic mass is 16.5. The molecule has 0 radical (unpaired) electrons. The Morgan fingerprint density at radius 1 is 1.13 bits per heavy atom. The average Bonchev–Trinajstić information content (AvgIpc) is 2.86. The Bertz CT molecular complexity index is 1260. The number of benzene rings is 1. The summed E-state index contributed by atoms with van der Waals surface area (Å²) in [6, 6.07) is 1.95. The maximum atomic E-state index is 14.0. The third-order valence-electron chi connectivity index (χ3n) is 8.82. The van der Waals surface area contributed by atoms with Gasteiger partial charge in [0.2, 0.25) is 5.91 Å². The highest BCUT2D eigenvalue weighted by Crippen LogP contribution is 2.55. The van der Waals surface area contributed by atoms with Gasteiger partial charge in [-0.3, -0.25) is 28.9 Å². The minimum Gasteiger partial charge on any atom is -0.505 e. The highest BCUT2D eigenvalue weighted by molar-refractivity contribution is 6.32. The normalized spacial score (nSPS) is 37.1. The molecular formula is C26H31N3O9. The molecule has 0 aromatic heterocycles. The Labute approximate surface area is 218 Å². The molecule has 1 aromatic carbocycles. The summed E-state index contributed by atoms with van der Waals surface area (Å²) in [6.07, 6.45) is -1.65. The molecule has 5 rings (SSSR count). The number of hydrogen-bond donors (Lipinski definition) is 4. The first-order valence-electron chi connectivity index (χ1n) is 12.6. The zero-order valence-electron chi connectivity index (χ0n) is 21.3. The van der Waals surface area contributed by atoms with Crippen molar-refractivity contribution in [3.8, 4) is 5.75 Å². The third-order valence-corrected chi connectivity index (χ3v) is 8.82. The Kier molecular flexibility index (Phi) is 6.21. The van der Waals surface area contributed by atoms with E-state index in [1.54, 1.807) is 19.1 Å². The smallest absolute Gasteiger partial charge is 0.235 e. The largest absolute Gasteiger partial charge is 0.505 e. The van der Waals surface area contributed by atoms with Crippen LogP contribution in [-0.2, 0) is 23.9 Å². The number of aliphatic hydroxyl groups is 2. The first-order valence-corrected chi connectivity index (χ1v) is 12.6. The molecule has 2 unspecified atom stereocenters. The van der Waals surface area contributed by atoms with Crippen LogP contribution in [0.1, 0.15) is 28.8 Å². The van der Waals surface area contributed by atoms with Gasteiger partial charge in [0.1, 0.15) is 5.75 Å². The van der Waals surface area contributed by atoms with Gasteiger partial charge in [0.15, 0.2) is 34.7 Å². The number of carbonyl (C=O) groups excluding carboxylic acids is 5. The number of hydrogen-bond acceptors (Lipinski definition) is 11. The van der Waals surface area contributed by atoms with Crippen LogP contribution in [0, 0.1) is 23.7 Å². The number of Topliss-reactive ketones (excluding diaryl/α,β-unsaturated/α-hetero) is 4. The zero-order valence-corrected chi connectivity index (χ0v) is 21.3. The van der Waals surface area contributed by atoms with E-state index < -0.39 is 76.4 Å². The van der Waals surface area contributed by atoms with Crippen LogP contribution in [0.15, 0.2) is 12.1 Å². The predicted molar refractivity (Wildman–Crippen MR) is 130 cm³/mol. The molecule has 1 aromatic rings. The fourth-order valence-electron chi connectivity index (χ4n) is 7.04. The number of morpholine rings is 1. The molecular weight excluding hydrogens is 498 g/mol. The van der Waals surface area contributed by atoms with Crippen molar-refractivity contribution in [3.63, 3.8) is 0 Å². The van der Waals surface area contributed by atoms with Crippen molar-refractivity contribution in [1.82, 2.24) is 4.90 Å². The van der Waals surface area contributed by atoms with Crippen LogP contribution in [0.2, 0.25) is 0 Å². The van der Waals surface area contributed by atoms with Crippen molar-refractivity contribution in [2.24, 2.45) is 29.4 Å². The predicted octanol–water partition coefficient (Wildman–Crippen LogP) is -1.76. The first-order chi connectivity index (χ1) is 17.8. The quantitative estimate of drug-likeness (QED) is 0.325. The van der Waals surface area contributed by atoms with Gasteiger partial charge in [0.25, 0.3) is 0 Å². The maximum Gasteiger partial charge on any atom is 0.235 e. The molecule has 4 aliphatic rings. The van der Waals surface area contributed by atoms with E-state index in [9.17, 15) is 39.3 Å². The number of aliphatic hydroxyl groups excluding tert-OH is 1. The molecule has 3 fully saturated rings. The van der Waals surface area contributed by atoms with Gasteiger partial charge in [-0.2, -0.15) is 0 Å². The van der Waals surface area contributed by atoms with E-state index in [1.165, 1.54) is 19.0 Å². The minimum absolute atomic E-state index is 0.111. The number of phenols is 1. The van der Waals surface area contributed by atoms with E-state index in [-0.39, 0.29) is 11.3 Å². The van der Waals surface area contributed by atoms with E-state index in [4.69, 9.17) is 10.5 Å². The average molecular weight is 530 g/mol. The molecule has 1 saturated heterocycles. The summed E-state index contributed by atoms with van der Waals surface area (Å²) in [4.78, 5) is 69.7. The summed E-state index contributed by atoms with van der Waals surface area (Å²) >= 11 is 0. The number of ketones is 4. The number of phenolic OH excluding ortho intramolecular Hbond substituents is 1. The Morgan fingerprint density at radius 2 is 1.76 bits per heavy atom. The SMILES string of the molecule is C[C@H]1c2ccc(N3CCOCC3)c(O)c2C(=O)C2C(=O)[C@]3(O)C(=O)C(C(N)=O)C(=O)[C@@H](N(C)C)[C@@H]3[C@@H](O)[C@@H]21. The number of amides is 1. The molecule has 204 valence electrons. The molecule has 1 heterocycles. The lowest BCUT2D eigenvalue weighted by Gasteiger charge is -2.56. The van der Waals surface area contributed by atoms with Crippen molar-refractivity contribution in [2.45, 2.75) is 30.6 Å². The van der Waals surface area contributed by atoms with Crippen LogP contribution in [0.25, 0.3) is 0 Å². The molecule has 3 aliphatic carbocycles. The van der Waals surface area contributed by atoms with Gasteiger partial charge in [-0.15, -0.1) is 0 Å². The van der Waals surface area contributed by atoms with Crippen LogP contribution >= 0.6 is 0 Å². The zero-order chi connectivity index (χ0) is 27.8. The molecule has 5 N–H and O–H groups in total. The Balaban J connectivity index is 1.67. The number of nitrogens with two attached hydrogens (primary N) is 1. The van der Waals surface area contributed by atoms with Gasteiger partial charge in [-0.25, -0.2) is 0 Å². The molecule has 2 saturated carbocycles. The van der Waals surface area contributed by atoms with Crippen molar-refractivity contribution < 1.29 is 44.0 Å². The first kappa shape index (κ1) is 26.4. The lowest BCUT2D eigenvalue weighted by atomic mass is 9.49.